The van der Waals surface area contributed by atoms with Crippen molar-refractivity contribution < 1.29 is 9.90 Å². The van der Waals surface area contributed by atoms with Gasteiger partial charge in [-0.1, -0.05) is 55.5 Å². The zero-order chi connectivity index (χ0) is 24.2. The Morgan fingerprint density at radius 1 is 1.00 bits per heavy atom. The molecule has 0 unspecified atom stereocenters. The average molecular weight is 467 g/mol. The van der Waals surface area contributed by atoms with Crippen LogP contribution in [-0.2, 0) is 6.54 Å². The van der Waals surface area contributed by atoms with Crippen LogP contribution in [0.4, 0.5) is 5.82 Å². The number of nitrogens with one attached hydrogen (secondary N) is 1. The van der Waals surface area contributed by atoms with E-state index in [0.29, 0.717) is 29.2 Å². The third-order valence-electron chi connectivity index (χ3n) is 5.63. The van der Waals surface area contributed by atoms with Crippen molar-refractivity contribution in [2.75, 3.05) is 11.4 Å². The second kappa shape index (κ2) is 9.64. The number of pyridine rings is 1. The van der Waals surface area contributed by atoms with Gasteiger partial charge in [0, 0.05) is 18.7 Å². The van der Waals surface area contributed by atoms with Crippen molar-refractivity contribution in [1.82, 2.24) is 35.6 Å². The van der Waals surface area contributed by atoms with Crippen LogP contribution in [0.1, 0.15) is 29.4 Å². The quantitative estimate of drug-likeness (QED) is 0.348. The zero-order valence-corrected chi connectivity index (χ0v) is 19.0. The van der Waals surface area contributed by atoms with Crippen LogP contribution in [0.2, 0.25) is 0 Å². The Hall–Kier alpha value is -4.73. The van der Waals surface area contributed by atoms with Crippen molar-refractivity contribution >= 4 is 22.8 Å². The molecule has 5 aromatic rings. The van der Waals surface area contributed by atoms with Gasteiger partial charge in [0.05, 0.1) is 5.52 Å². The lowest BCUT2D eigenvalue weighted by atomic mass is 9.98. The summed E-state index contributed by atoms with van der Waals surface area (Å²) in [7, 11) is 0. The van der Waals surface area contributed by atoms with Crippen LogP contribution in [0.3, 0.4) is 0 Å². The van der Waals surface area contributed by atoms with E-state index in [0.717, 1.165) is 35.2 Å². The summed E-state index contributed by atoms with van der Waals surface area (Å²) in [6, 6.07) is 19.3. The Balaban J connectivity index is 1.46. The molecule has 2 aromatic carbocycles. The van der Waals surface area contributed by atoms with Crippen LogP contribution in [0.15, 0.2) is 67.0 Å². The third-order valence-corrected chi connectivity index (χ3v) is 5.63. The molecule has 0 spiro atoms. The van der Waals surface area contributed by atoms with Crippen LogP contribution in [0.25, 0.3) is 33.5 Å². The van der Waals surface area contributed by atoms with Crippen molar-refractivity contribution in [2.45, 2.75) is 19.9 Å². The molecule has 0 saturated carbocycles. The molecule has 10 heteroatoms. The van der Waals surface area contributed by atoms with E-state index < -0.39 is 5.97 Å². The molecule has 0 radical (unpaired) electrons. The van der Waals surface area contributed by atoms with Gasteiger partial charge in [-0.15, -0.1) is 10.2 Å². The lowest BCUT2D eigenvalue weighted by molar-refractivity contribution is 0.0691. The Bertz CT molecular complexity index is 1470. The summed E-state index contributed by atoms with van der Waals surface area (Å²) in [5.41, 5.74) is 5.08. The molecule has 3 aromatic heterocycles. The third kappa shape index (κ3) is 4.54. The molecular formula is C25H22N8O2. The van der Waals surface area contributed by atoms with Gasteiger partial charge in [-0.2, -0.15) is 5.21 Å². The lowest BCUT2D eigenvalue weighted by Gasteiger charge is -2.24. The topological polar surface area (TPSA) is 134 Å². The average Bonchev–Trinajstić information content (AvgIpc) is 3.43. The summed E-state index contributed by atoms with van der Waals surface area (Å²) >= 11 is 0. The second-order valence-electron chi connectivity index (χ2n) is 7.97. The van der Waals surface area contributed by atoms with Gasteiger partial charge in [0.15, 0.2) is 5.82 Å². The standard InChI is InChI=1S/C25H22N8O2/c1-2-13-33(24-22-20(26-15-27-24)11-12-21(28-22)25(34)35)14-16-7-9-17(10-8-16)18-5-3-4-6-19(18)23-29-31-32-30-23/h3-12,15H,2,13-14H2,1H3,(H,34,35)(H,29,30,31,32). The van der Waals surface area contributed by atoms with Gasteiger partial charge >= 0.3 is 5.97 Å². The van der Waals surface area contributed by atoms with Crippen LogP contribution in [0.5, 0.6) is 0 Å². The fourth-order valence-corrected chi connectivity index (χ4v) is 4.02. The highest BCUT2D eigenvalue weighted by molar-refractivity contribution is 5.92. The molecular weight excluding hydrogens is 444 g/mol. The number of aromatic nitrogens is 7. The van der Waals surface area contributed by atoms with Crippen molar-refractivity contribution in [2.24, 2.45) is 0 Å². The Kier molecular flexibility index (Phi) is 6.08. The fourth-order valence-electron chi connectivity index (χ4n) is 4.02. The molecule has 3 heterocycles. The SMILES string of the molecule is CCCN(Cc1ccc(-c2ccccc2-c2nn[nH]n2)cc1)c1ncnc2ccc(C(=O)O)nc12. The number of hydrogen-bond donors (Lipinski definition) is 2. The van der Waals surface area contributed by atoms with Crippen molar-refractivity contribution in [1.29, 1.82) is 0 Å². The maximum absolute atomic E-state index is 11.5. The minimum atomic E-state index is -1.08. The van der Waals surface area contributed by atoms with Gasteiger partial charge < -0.3 is 10.0 Å². The molecule has 0 fully saturated rings. The van der Waals surface area contributed by atoms with Gasteiger partial charge in [0.1, 0.15) is 17.5 Å². The highest BCUT2D eigenvalue weighted by Gasteiger charge is 2.16. The molecule has 0 atom stereocenters. The number of H-pyrrole nitrogens is 1. The number of tetrazole rings is 1. The molecule has 2 N–H and O–H groups in total. The maximum Gasteiger partial charge on any atom is 0.354 e. The van der Waals surface area contributed by atoms with Gasteiger partial charge in [0.25, 0.3) is 0 Å². The summed E-state index contributed by atoms with van der Waals surface area (Å²) in [4.78, 5) is 26.6. The number of carboxylic acid groups (broad SMARTS) is 1. The number of aromatic amines is 1. The monoisotopic (exact) mass is 466 g/mol. The van der Waals surface area contributed by atoms with E-state index in [2.05, 4.69) is 71.7 Å². The lowest BCUT2D eigenvalue weighted by Crippen LogP contribution is -2.25. The molecule has 0 saturated heterocycles. The summed E-state index contributed by atoms with van der Waals surface area (Å²) in [5.74, 6) is 0.0783. The number of rotatable bonds is 8. The minimum Gasteiger partial charge on any atom is -0.477 e. The number of fused-ring (bicyclic) bond motifs is 1. The predicted octanol–water partition coefficient (Wildman–Crippen LogP) is 3.99. The Labute approximate surface area is 200 Å². The normalized spacial score (nSPS) is 11.0. The zero-order valence-electron chi connectivity index (χ0n) is 19.0. The van der Waals surface area contributed by atoms with Crippen LogP contribution < -0.4 is 4.90 Å². The van der Waals surface area contributed by atoms with E-state index in [-0.39, 0.29) is 5.69 Å². The van der Waals surface area contributed by atoms with Gasteiger partial charge in [-0.05, 0) is 40.5 Å². The van der Waals surface area contributed by atoms with Crippen molar-refractivity contribution in [3.8, 4) is 22.5 Å². The molecule has 174 valence electrons. The number of aromatic carboxylic acids is 1. The second-order valence-corrected chi connectivity index (χ2v) is 7.97. The van der Waals surface area contributed by atoms with Crippen molar-refractivity contribution in [3.63, 3.8) is 0 Å². The highest BCUT2D eigenvalue weighted by Crippen LogP contribution is 2.30. The number of carbonyl (C=O) groups is 1. The molecule has 0 amide bonds. The molecule has 0 bridgehead atoms. The molecule has 0 aliphatic carbocycles. The number of carboxylic acids is 1. The fraction of sp³-hybridized carbons (Fsp3) is 0.160. The van der Waals surface area contributed by atoms with E-state index in [4.69, 9.17) is 0 Å². The van der Waals surface area contributed by atoms with E-state index in [1.165, 1.54) is 12.4 Å². The molecule has 10 nitrogen and oxygen atoms in total. The van der Waals surface area contributed by atoms with Gasteiger partial charge in [0.2, 0.25) is 5.82 Å². The van der Waals surface area contributed by atoms with E-state index >= 15 is 0 Å². The first-order chi connectivity index (χ1) is 17.1. The number of nitrogens with zero attached hydrogens (tertiary/aromatic N) is 7. The summed E-state index contributed by atoms with van der Waals surface area (Å²) in [6.45, 7) is 3.41. The highest BCUT2D eigenvalue weighted by atomic mass is 16.4. The van der Waals surface area contributed by atoms with E-state index in [1.54, 1.807) is 6.07 Å². The molecule has 0 aliphatic rings. The van der Waals surface area contributed by atoms with Gasteiger partial charge in [-0.3, -0.25) is 0 Å². The van der Waals surface area contributed by atoms with E-state index in [1.807, 2.05) is 24.3 Å². The predicted molar refractivity (Wildman–Crippen MR) is 131 cm³/mol. The number of anilines is 1. The minimum absolute atomic E-state index is 0.0328. The van der Waals surface area contributed by atoms with Crippen molar-refractivity contribution in [3.05, 3.63) is 78.2 Å². The van der Waals surface area contributed by atoms with Crippen LogP contribution in [0, 0.1) is 0 Å². The molecule has 35 heavy (non-hydrogen) atoms. The van der Waals surface area contributed by atoms with E-state index in [9.17, 15) is 9.90 Å². The van der Waals surface area contributed by atoms with Crippen LogP contribution >= 0.6 is 0 Å². The van der Waals surface area contributed by atoms with Gasteiger partial charge in [-0.25, -0.2) is 19.7 Å². The summed E-state index contributed by atoms with van der Waals surface area (Å²) in [5, 5.41) is 23.8. The first-order valence-corrected chi connectivity index (χ1v) is 11.2. The Morgan fingerprint density at radius 2 is 1.80 bits per heavy atom. The van der Waals surface area contributed by atoms with Crippen LogP contribution in [-0.4, -0.2) is 53.2 Å². The smallest absolute Gasteiger partial charge is 0.354 e. The number of benzene rings is 2. The summed E-state index contributed by atoms with van der Waals surface area (Å²) < 4.78 is 0. The molecule has 5 rings (SSSR count). The summed E-state index contributed by atoms with van der Waals surface area (Å²) in [6.07, 6.45) is 2.38. The Morgan fingerprint density at radius 3 is 2.51 bits per heavy atom. The largest absolute Gasteiger partial charge is 0.477 e. The maximum atomic E-state index is 11.5. The number of hydrogen-bond acceptors (Lipinski definition) is 8. The first kappa shape index (κ1) is 22.1. The first-order valence-electron chi connectivity index (χ1n) is 11.2. The molecule has 0 aliphatic heterocycles.